The van der Waals surface area contributed by atoms with Crippen LogP contribution in [0.1, 0.15) is 29.2 Å². The van der Waals surface area contributed by atoms with E-state index in [1.54, 1.807) is 25.1 Å². The summed E-state index contributed by atoms with van der Waals surface area (Å²) in [7, 11) is 0. The first kappa shape index (κ1) is 14.7. The highest BCUT2D eigenvalue weighted by Crippen LogP contribution is 2.23. The number of halogens is 1. The van der Waals surface area contributed by atoms with Crippen LogP contribution in [0.3, 0.4) is 0 Å². The molecule has 0 spiro atoms. The lowest BCUT2D eigenvalue weighted by Crippen LogP contribution is -2.30. The van der Waals surface area contributed by atoms with Crippen molar-refractivity contribution in [2.45, 2.75) is 39.2 Å². The Hall–Kier alpha value is -1.67. The van der Waals surface area contributed by atoms with Crippen molar-refractivity contribution in [3.63, 3.8) is 0 Å². The number of rotatable bonds is 4. The van der Waals surface area contributed by atoms with Gasteiger partial charge in [0.2, 0.25) is 0 Å². The lowest BCUT2D eigenvalue weighted by molar-refractivity contribution is 0.0597. The van der Waals surface area contributed by atoms with Crippen LogP contribution in [0.2, 0.25) is 0 Å². The molecule has 2 rings (SSSR count). The number of aliphatic hydroxyl groups is 1. The molecule has 1 unspecified atom stereocenters. The van der Waals surface area contributed by atoms with Gasteiger partial charge in [-0.15, -0.1) is 0 Å². The van der Waals surface area contributed by atoms with Crippen molar-refractivity contribution in [2.24, 2.45) is 0 Å². The minimum atomic E-state index is -0.958. The molecule has 0 aliphatic carbocycles. The molecule has 106 valence electrons. The molecule has 0 saturated heterocycles. The summed E-state index contributed by atoms with van der Waals surface area (Å²) in [6, 6.07) is 12.8. The molecule has 2 aromatic carbocycles. The second kappa shape index (κ2) is 5.76. The molecule has 1 nitrogen and oxygen atoms in total. The van der Waals surface area contributed by atoms with Gasteiger partial charge in [-0.2, -0.15) is 0 Å². The minimum Gasteiger partial charge on any atom is -0.389 e. The average Bonchev–Trinajstić information content (AvgIpc) is 2.36. The first-order valence-corrected chi connectivity index (χ1v) is 6.89. The molecule has 0 radical (unpaired) electrons. The van der Waals surface area contributed by atoms with E-state index in [-0.39, 0.29) is 5.82 Å². The van der Waals surface area contributed by atoms with E-state index in [9.17, 15) is 9.50 Å². The van der Waals surface area contributed by atoms with E-state index in [4.69, 9.17) is 0 Å². The largest absolute Gasteiger partial charge is 0.389 e. The highest BCUT2D eigenvalue weighted by atomic mass is 19.1. The van der Waals surface area contributed by atoms with Gasteiger partial charge in [0.1, 0.15) is 5.82 Å². The van der Waals surface area contributed by atoms with Gasteiger partial charge in [-0.1, -0.05) is 42.0 Å². The second-order valence-electron chi connectivity index (χ2n) is 5.87. The van der Waals surface area contributed by atoms with E-state index in [2.05, 4.69) is 18.2 Å². The van der Waals surface area contributed by atoms with Crippen molar-refractivity contribution < 1.29 is 9.50 Å². The fourth-order valence-corrected chi connectivity index (χ4v) is 2.52. The Morgan fingerprint density at radius 1 is 1.00 bits per heavy atom. The Morgan fingerprint density at radius 3 is 2.35 bits per heavy atom. The summed E-state index contributed by atoms with van der Waals surface area (Å²) < 4.78 is 13.7. The lowest BCUT2D eigenvalue weighted by atomic mass is 9.87. The van der Waals surface area contributed by atoms with E-state index in [1.165, 1.54) is 11.6 Å². The highest BCUT2D eigenvalue weighted by Gasteiger charge is 2.23. The normalized spacial score (nSPS) is 14.1. The van der Waals surface area contributed by atoms with Crippen LogP contribution >= 0.6 is 0 Å². The molecule has 0 heterocycles. The third-order valence-corrected chi connectivity index (χ3v) is 3.61. The summed E-state index contributed by atoms with van der Waals surface area (Å²) in [5, 5.41) is 10.6. The van der Waals surface area contributed by atoms with Gasteiger partial charge < -0.3 is 5.11 Å². The van der Waals surface area contributed by atoms with Crippen LogP contribution in [0.15, 0.2) is 42.5 Å². The van der Waals surface area contributed by atoms with Gasteiger partial charge in [-0.05, 0) is 43.5 Å². The first-order valence-electron chi connectivity index (χ1n) is 6.89. The molecule has 20 heavy (non-hydrogen) atoms. The van der Waals surface area contributed by atoms with Crippen LogP contribution in [0, 0.1) is 19.7 Å². The van der Waals surface area contributed by atoms with E-state index in [1.807, 2.05) is 13.8 Å². The zero-order valence-electron chi connectivity index (χ0n) is 12.3. The monoisotopic (exact) mass is 272 g/mol. The summed E-state index contributed by atoms with van der Waals surface area (Å²) in [5.74, 6) is -0.256. The Bertz CT molecular complexity index is 602. The summed E-state index contributed by atoms with van der Waals surface area (Å²) in [6.07, 6.45) is 0.835. The molecule has 0 amide bonds. The topological polar surface area (TPSA) is 20.2 Å². The fraction of sp³-hybridized carbons (Fsp3) is 0.333. The van der Waals surface area contributed by atoms with Gasteiger partial charge in [-0.25, -0.2) is 4.39 Å². The van der Waals surface area contributed by atoms with Crippen molar-refractivity contribution in [3.8, 4) is 0 Å². The van der Waals surface area contributed by atoms with Crippen molar-refractivity contribution in [1.82, 2.24) is 0 Å². The van der Waals surface area contributed by atoms with Crippen molar-refractivity contribution >= 4 is 0 Å². The van der Waals surface area contributed by atoms with E-state index in [0.29, 0.717) is 18.4 Å². The van der Waals surface area contributed by atoms with Gasteiger partial charge in [0.25, 0.3) is 0 Å². The average molecular weight is 272 g/mol. The molecule has 2 heteroatoms. The predicted molar refractivity (Wildman–Crippen MR) is 80.3 cm³/mol. The Kier molecular flexibility index (Phi) is 4.24. The van der Waals surface area contributed by atoms with E-state index < -0.39 is 5.60 Å². The summed E-state index contributed by atoms with van der Waals surface area (Å²) >= 11 is 0. The van der Waals surface area contributed by atoms with Crippen molar-refractivity contribution in [1.29, 1.82) is 0 Å². The Balaban J connectivity index is 2.19. The minimum absolute atomic E-state index is 0.256. The Morgan fingerprint density at radius 2 is 1.65 bits per heavy atom. The Labute approximate surface area is 120 Å². The van der Waals surface area contributed by atoms with Crippen LogP contribution in [0.25, 0.3) is 0 Å². The second-order valence-corrected chi connectivity index (χ2v) is 5.87. The molecule has 0 saturated carbocycles. The SMILES string of the molecule is Cc1ccc(C)c(CC(C)(O)Cc2ccccc2F)c1. The van der Waals surface area contributed by atoms with Gasteiger partial charge >= 0.3 is 0 Å². The van der Waals surface area contributed by atoms with Crippen LogP contribution < -0.4 is 0 Å². The summed E-state index contributed by atoms with van der Waals surface area (Å²) in [6.45, 7) is 5.84. The smallest absolute Gasteiger partial charge is 0.126 e. The molecule has 0 aliphatic rings. The lowest BCUT2D eigenvalue weighted by Gasteiger charge is -2.25. The van der Waals surface area contributed by atoms with Gasteiger partial charge in [0.15, 0.2) is 0 Å². The zero-order chi connectivity index (χ0) is 14.8. The van der Waals surface area contributed by atoms with Crippen molar-refractivity contribution in [3.05, 3.63) is 70.5 Å². The molecule has 1 atom stereocenters. The van der Waals surface area contributed by atoms with Gasteiger partial charge in [-0.3, -0.25) is 0 Å². The number of hydrogen-bond donors (Lipinski definition) is 1. The molecule has 0 aliphatic heterocycles. The van der Waals surface area contributed by atoms with Crippen LogP contribution in [0.4, 0.5) is 4.39 Å². The molecule has 1 N–H and O–H groups in total. The summed E-state index contributed by atoms with van der Waals surface area (Å²) in [5.41, 5.74) is 3.05. The maximum Gasteiger partial charge on any atom is 0.126 e. The van der Waals surface area contributed by atoms with E-state index >= 15 is 0 Å². The third kappa shape index (κ3) is 3.67. The van der Waals surface area contributed by atoms with Gasteiger partial charge in [0.05, 0.1) is 5.60 Å². The molecule has 0 bridgehead atoms. The third-order valence-electron chi connectivity index (χ3n) is 3.61. The molecular weight excluding hydrogens is 251 g/mol. The van der Waals surface area contributed by atoms with Crippen LogP contribution in [-0.4, -0.2) is 10.7 Å². The van der Waals surface area contributed by atoms with Crippen LogP contribution in [0.5, 0.6) is 0 Å². The predicted octanol–water partition coefficient (Wildman–Crippen LogP) is 3.98. The maximum atomic E-state index is 13.7. The number of benzene rings is 2. The molecule has 0 fully saturated rings. The van der Waals surface area contributed by atoms with Crippen molar-refractivity contribution in [2.75, 3.05) is 0 Å². The van der Waals surface area contributed by atoms with E-state index in [0.717, 1.165) is 11.1 Å². The number of aryl methyl sites for hydroxylation is 2. The molecule has 2 aromatic rings. The van der Waals surface area contributed by atoms with Gasteiger partial charge in [0, 0.05) is 12.8 Å². The number of hydrogen-bond acceptors (Lipinski definition) is 1. The van der Waals surface area contributed by atoms with Crippen LogP contribution in [-0.2, 0) is 12.8 Å². The molecular formula is C18H21FO. The zero-order valence-corrected chi connectivity index (χ0v) is 12.3. The summed E-state index contributed by atoms with van der Waals surface area (Å²) in [4.78, 5) is 0. The first-order chi connectivity index (χ1) is 9.37. The molecule has 0 aromatic heterocycles. The quantitative estimate of drug-likeness (QED) is 0.892. The maximum absolute atomic E-state index is 13.7. The fourth-order valence-electron chi connectivity index (χ4n) is 2.52. The standard InChI is InChI=1S/C18H21FO/c1-13-8-9-14(2)16(10-13)12-18(3,20)11-15-6-4-5-7-17(15)19/h4-10,20H,11-12H2,1-3H3. The highest BCUT2D eigenvalue weighted by molar-refractivity contribution is 5.32.